The van der Waals surface area contributed by atoms with Gasteiger partial charge < -0.3 is 4.90 Å². The standard InChI is InChI=1S/C26H37NO3S/c1-22-13-15-26(16-14-22)31(28,29)30-18-8-12-24-11-6-7-17-27(2)21-25(20-24)19-23-9-4-3-5-10-23/h3-5,9-10,13-16,24-25H,6-8,11-12,17-21H2,1-2H3. The fraction of sp³-hybridized carbons (Fsp3) is 0.538. The van der Waals surface area contributed by atoms with Crippen LogP contribution in [0.25, 0.3) is 0 Å². The molecule has 1 aliphatic heterocycles. The minimum Gasteiger partial charge on any atom is -0.306 e. The van der Waals surface area contributed by atoms with Gasteiger partial charge in [0, 0.05) is 6.54 Å². The summed E-state index contributed by atoms with van der Waals surface area (Å²) in [6.07, 6.45) is 7.83. The molecule has 0 aromatic heterocycles. The lowest BCUT2D eigenvalue weighted by atomic mass is 9.85. The largest absolute Gasteiger partial charge is 0.306 e. The Labute approximate surface area is 188 Å². The molecule has 2 atom stereocenters. The summed E-state index contributed by atoms with van der Waals surface area (Å²) in [4.78, 5) is 2.72. The van der Waals surface area contributed by atoms with Gasteiger partial charge in [0.25, 0.3) is 10.1 Å². The Morgan fingerprint density at radius 3 is 2.48 bits per heavy atom. The molecule has 1 saturated heterocycles. The van der Waals surface area contributed by atoms with Crippen LogP contribution in [0.4, 0.5) is 0 Å². The smallest absolute Gasteiger partial charge is 0.296 e. The average molecular weight is 444 g/mol. The van der Waals surface area contributed by atoms with Crippen molar-refractivity contribution in [3.8, 4) is 0 Å². The maximum Gasteiger partial charge on any atom is 0.296 e. The van der Waals surface area contributed by atoms with Crippen molar-refractivity contribution in [2.24, 2.45) is 11.8 Å². The van der Waals surface area contributed by atoms with Crippen LogP contribution in [0.15, 0.2) is 59.5 Å². The summed E-state index contributed by atoms with van der Waals surface area (Å²) in [6, 6.07) is 17.6. The molecule has 2 aromatic carbocycles. The van der Waals surface area contributed by atoms with E-state index in [9.17, 15) is 8.42 Å². The van der Waals surface area contributed by atoms with Crippen molar-refractivity contribution in [2.45, 2.75) is 56.8 Å². The number of benzene rings is 2. The van der Waals surface area contributed by atoms with Gasteiger partial charge in [-0.25, -0.2) is 0 Å². The zero-order chi connectivity index (χ0) is 22.1. The number of rotatable bonds is 8. The minimum absolute atomic E-state index is 0.242. The van der Waals surface area contributed by atoms with Crippen LogP contribution in [-0.4, -0.2) is 40.1 Å². The third kappa shape index (κ3) is 8.06. The van der Waals surface area contributed by atoms with E-state index in [0.717, 1.165) is 37.9 Å². The molecule has 4 nitrogen and oxygen atoms in total. The van der Waals surface area contributed by atoms with Crippen molar-refractivity contribution >= 4 is 10.1 Å². The highest BCUT2D eigenvalue weighted by Gasteiger charge is 2.21. The van der Waals surface area contributed by atoms with Gasteiger partial charge in [-0.15, -0.1) is 0 Å². The van der Waals surface area contributed by atoms with E-state index in [-0.39, 0.29) is 11.5 Å². The summed E-state index contributed by atoms with van der Waals surface area (Å²) in [7, 11) is -1.43. The van der Waals surface area contributed by atoms with Crippen LogP contribution in [0, 0.1) is 18.8 Å². The summed E-state index contributed by atoms with van der Waals surface area (Å²) in [5, 5.41) is 0. The first-order valence-corrected chi connectivity index (χ1v) is 13.0. The summed E-state index contributed by atoms with van der Waals surface area (Å²) >= 11 is 0. The number of nitrogens with zero attached hydrogens (tertiary/aromatic N) is 1. The summed E-state index contributed by atoms with van der Waals surface area (Å²) in [5.74, 6) is 1.26. The van der Waals surface area contributed by atoms with E-state index in [1.807, 2.05) is 6.92 Å². The molecule has 0 saturated carbocycles. The molecule has 5 heteroatoms. The summed E-state index contributed by atoms with van der Waals surface area (Å²) in [6.45, 7) is 4.49. The maximum absolute atomic E-state index is 12.4. The molecular formula is C26H37NO3S. The highest BCUT2D eigenvalue weighted by Crippen LogP contribution is 2.28. The van der Waals surface area contributed by atoms with Crippen LogP contribution < -0.4 is 0 Å². The Bertz CT molecular complexity index is 881. The first-order chi connectivity index (χ1) is 14.9. The first kappa shape index (κ1) is 24.0. The molecule has 2 aromatic rings. The molecule has 0 bridgehead atoms. The Balaban J connectivity index is 1.52. The third-order valence-corrected chi connectivity index (χ3v) is 7.64. The van der Waals surface area contributed by atoms with Gasteiger partial charge in [-0.3, -0.25) is 4.18 Å². The molecule has 0 spiro atoms. The Kier molecular flexibility index (Phi) is 9.12. The van der Waals surface area contributed by atoms with Crippen LogP contribution in [0.3, 0.4) is 0 Å². The molecule has 170 valence electrons. The molecule has 0 aliphatic carbocycles. The van der Waals surface area contributed by atoms with Crippen LogP contribution >= 0.6 is 0 Å². The number of hydrogen-bond acceptors (Lipinski definition) is 4. The van der Waals surface area contributed by atoms with E-state index < -0.39 is 10.1 Å². The molecule has 2 unspecified atom stereocenters. The molecule has 1 heterocycles. The lowest BCUT2D eigenvalue weighted by Crippen LogP contribution is -2.28. The lowest BCUT2D eigenvalue weighted by molar-refractivity contribution is 0.242. The normalized spacial score (nSPS) is 21.2. The number of aryl methyl sites for hydroxylation is 1. The van der Waals surface area contributed by atoms with Crippen molar-refractivity contribution in [1.29, 1.82) is 0 Å². The molecule has 0 radical (unpaired) electrons. The fourth-order valence-corrected chi connectivity index (χ4v) is 5.62. The number of hydrogen-bond donors (Lipinski definition) is 0. The van der Waals surface area contributed by atoms with E-state index in [0.29, 0.717) is 11.8 Å². The van der Waals surface area contributed by atoms with Crippen molar-refractivity contribution < 1.29 is 12.6 Å². The fourth-order valence-electron chi connectivity index (χ4n) is 4.68. The van der Waals surface area contributed by atoms with E-state index in [2.05, 4.69) is 42.3 Å². The van der Waals surface area contributed by atoms with Gasteiger partial charge in [-0.1, -0.05) is 60.9 Å². The van der Waals surface area contributed by atoms with Gasteiger partial charge in [0.05, 0.1) is 11.5 Å². The van der Waals surface area contributed by atoms with Gasteiger partial charge in [0.2, 0.25) is 0 Å². The zero-order valence-corrected chi connectivity index (χ0v) is 19.8. The second-order valence-corrected chi connectivity index (χ2v) is 10.8. The first-order valence-electron chi connectivity index (χ1n) is 11.6. The van der Waals surface area contributed by atoms with E-state index in [4.69, 9.17) is 4.18 Å². The van der Waals surface area contributed by atoms with E-state index in [1.165, 1.54) is 31.2 Å². The predicted octanol–water partition coefficient (Wildman–Crippen LogP) is 5.46. The van der Waals surface area contributed by atoms with Gasteiger partial charge in [-0.2, -0.15) is 8.42 Å². The second-order valence-electron chi connectivity index (χ2n) is 9.15. The van der Waals surface area contributed by atoms with E-state index >= 15 is 0 Å². The Hall–Kier alpha value is -1.69. The highest BCUT2D eigenvalue weighted by molar-refractivity contribution is 7.86. The topological polar surface area (TPSA) is 46.6 Å². The molecule has 1 fully saturated rings. The monoisotopic (exact) mass is 443 g/mol. The van der Waals surface area contributed by atoms with Crippen molar-refractivity contribution in [1.82, 2.24) is 4.90 Å². The van der Waals surface area contributed by atoms with Crippen LogP contribution in [0.2, 0.25) is 0 Å². The van der Waals surface area contributed by atoms with Crippen LogP contribution in [-0.2, 0) is 20.7 Å². The minimum atomic E-state index is -3.66. The van der Waals surface area contributed by atoms with Gasteiger partial charge in [0.1, 0.15) is 0 Å². The predicted molar refractivity (Wildman–Crippen MR) is 127 cm³/mol. The quantitative estimate of drug-likeness (QED) is 0.401. The van der Waals surface area contributed by atoms with Gasteiger partial charge in [0.15, 0.2) is 0 Å². The maximum atomic E-state index is 12.4. The SMILES string of the molecule is Cc1ccc(S(=O)(=O)OCCCC2CCCCN(C)CC(Cc3ccccc3)C2)cc1. The van der Waals surface area contributed by atoms with Gasteiger partial charge in [-0.05, 0) is 82.2 Å². The van der Waals surface area contributed by atoms with E-state index in [1.54, 1.807) is 24.3 Å². The highest BCUT2D eigenvalue weighted by atomic mass is 32.2. The van der Waals surface area contributed by atoms with Crippen LogP contribution in [0.5, 0.6) is 0 Å². The summed E-state index contributed by atoms with van der Waals surface area (Å²) in [5.41, 5.74) is 2.45. The molecule has 3 rings (SSSR count). The Morgan fingerprint density at radius 1 is 1.00 bits per heavy atom. The molecular weight excluding hydrogens is 406 g/mol. The molecule has 1 aliphatic rings. The lowest BCUT2D eigenvalue weighted by Gasteiger charge is -2.26. The average Bonchev–Trinajstić information content (AvgIpc) is 2.82. The molecule has 0 N–H and O–H groups in total. The van der Waals surface area contributed by atoms with Gasteiger partial charge >= 0.3 is 0 Å². The van der Waals surface area contributed by atoms with Crippen molar-refractivity contribution in [3.63, 3.8) is 0 Å². The molecule has 31 heavy (non-hydrogen) atoms. The zero-order valence-electron chi connectivity index (χ0n) is 19.0. The molecule has 0 amide bonds. The second kappa shape index (κ2) is 11.8. The van der Waals surface area contributed by atoms with Crippen molar-refractivity contribution in [2.75, 3.05) is 26.7 Å². The Morgan fingerprint density at radius 2 is 1.74 bits per heavy atom. The van der Waals surface area contributed by atoms with Crippen molar-refractivity contribution in [3.05, 3.63) is 65.7 Å². The van der Waals surface area contributed by atoms with Crippen LogP contribution in [0.1, 0.15) is 49.7 Å². The summed E-state index contributed by atoms with van der Waals surface area (Å²) < 4.78 is 30.1. The third-order valence-electron chi connectivity index (χ3n) is 6.31.